The summed E-state index contributed by atoms with van der Waals surface area (Å²) in [6.45, 7) is 3.87. The topological polar surface area (TPSA) is 38.1 Å². The molecule has 0 spiro atoms. The van der Waals surface area contributed by atoms with E-state index in [1.807, 2.05) is 56.5 Å². The summed E-state index contributed by atoms with van der Waals surface area (Å²) < 4.78 is 15.7. The van der Waals surface area contributed by atoms with Crippen LogP contribution >= 0.6 is 24.0 Å². The van der Waals surface area contributed by atoms with Gasteiger partial charge in [-0.2, -0.15) is 5.10 Å². The Morgan fingerprint density at radius 2 is 1.79 bits per heavy atom. The van der Waals surface area contributed by atoms with Gasteiger partial charge < -0.3 is 0 Å². The quantitative estimate of drug-likeness (QED) is 0.422. The highest BCUT2D eigenvalue weighted by Crippen LogP contribution is 2.35. The van der Waals surface area contributed by atoms with Crippen LogP contribution in [0.5, 0.6) is 0 Å². The molecule has 1 aliphatic heterocycles. The molecule has 4 rings (SSSR count). The van der Waals surface area contributed by atoms with E-state index in [2.05, 4.69) is 0 Å². The van der Waals surface area contributed by atoms with Crippen LogP contribution < -0.4 is 0 Å². The smallest absolute Gasteiger partial charge is 0.266 e. The van der Waals surface area contributed by atoms with Gasteiger partial charge in [0.05, 0.1) is 16.3 Å². The van der Waals surface area contributed by atoms with E-state index in [0.717, 1.165) is 16.8 Å². The minimum atomic E-state index is -0.310. The molecule has 0 N–H and O–H groups in total. The fourth-order valence-corrected chi connectivity index (χ4v) is 4.62. The Kier molecular flexibility index (Phi) is 5.34. The van der Waals surface area contributed by atoms with Crippen LogP contribution in [0.2, 0.25) is 0 Å². The van der Waals surface area contributed by atoms with Crippen LogP contribution in [0.3, 0.4) is 0 Å². The van der Waals surface area contributed by atoms with Gasteiger partial charge in [-0.1, -0.05) is 42.2 Å². The Bertz CT molecular complexity index is 1100. The molecule has 1 saturated heterocycles. The van der Waals surface area contributed by atoms with Crippen LogP contribution in [-0.2, 0) is 4.79 Å². The van der Waals surface area contributed by atoms with E-state index < -0.39 is 0 Å². The molecule has 1 amide bonds. The van der Waals surface area contributed by atoms with E-state index in [-0.39, 0.29) is 17.8 Å². The lowest BCUT2D eigenvalue weighted by Crippen LogP contribution is -2.34. The van der Waals surface area contributed by atoms with Crippen molar-refractivity contribution in [1.82, 2.24) is 14.7 Å². The fourth-order valence-electron chi connectivity index (χ4n) is 3.10. The largest absolute Gasteiger partial charge is 0.290 e. The van der Waals surface area contributed by atoms with Crippen molar-refractivity contribution >= 4 is 40.3 Å². The zero-order valence-electron chi connectivity index (χ0n) is 15.9. The predicted molar refractivity (Wildman–Crippen MR) is 119 cm³/mol. The number of aromatic nitrogens is 2. The summed E-state index contributed by atoms with van der Waals surface area (Å²) in [5.41, 5.74) is 3.10. The van der Waals surface area contributed by atoms with Crippen LogP contribution in [0.1, 0.15) is 19.4 Å². The van der Waals surface area contributed by atoms with Crippen molar-refractivity contribution in [2.75, 3.05) is 0 Å². The van der Waals surface area contributed by atoms with Gasteiger partial charge >= 0.3 is 0 Å². The summed E-state index contributed by atoms with van der Waals surface area (Å²) in [6.07, 6.45) is 3.68. The minimum Gasteiger partial charge on any atom is -0.290 e. The van der Waals surface area contributed by atoms with Gasteiger partial charge in [0.25, 0.3) is 5.91 Å². The summed E-state index contributed by atoms with van der Waals surface area (Å²) in [4.78, 5) is 15.0. The normalized spacial score (nSPS) is 15.7. The van der Waals surface area contributed by atoms with E-state index in [0.29, 0.717) is 14.9 Å². The number of thioether (sulfide) groups is 1. The number of thiocarbonyl (C=S) groups is 1. The van der Waals surface area contributed by atoms with Crippen molar-refractivity contribution in [3.8, 4) is 16.9 Å². The molecule has 0 saturated carbocycles. The second-order valence-electron chi connectivity index (χ2n) is 6.87. The maximum atomic E-state index is 13.4. The highest BCUT2D eigenvalue weighted by molar-refractivity contribution is 8.26. The average Bonchev–Trinajstić information content (AvgIpc) is 3.24. The third-order valence-corrected chi connectivity index (χ3v) is 5.84. The predicted octanol–water partition coefficient (Wildman–Crippen LogP) is 5.29. The molecule has 0 aliphatic carbocycles. The van der Waals surface area contributed by atoms with Crippen LogP contribution in [0.4, 0.5) is 4.39 Å². The van der Waals surface area contributed by atoms with Gasteiger partial charge in [0.15, 0.2) is 0 Å². The van der Waals surface area contributed by atoms with Crippen LogP contribution in [0.15, 0.2) is 65.7 Å². The molecule has 0 atom stereocenters. The number of benzene rings is 2. The molecule has 29 heavy (non-hydrogen) atoms. The summed E-state index contributed by atoms with van der Waals surface area (Å²) in [5, 5.41) is 4.70. The second-order valence-corrected chi connectivity index (χ2v) is 8.54. The zero-order chi connectivity index (χ0) is 20.5. The van der Waals surface area contributed by atoms with Gasteiger partial charge in [0.1, 0.15) is 10.1 Å². The van der Waals surface area contributed by atoms with Crippen molar-refractivity contribution in [1.29, 1.82) is 0 Å². The molecule has 1 aromatic heterocycles. The Morgan fingerprint density at radius 1 is 1.10 bits per heavy atom. The van der Waals surface area contributed by atoms with Gasteiger partial charge in [-0.05, 0) is 56.3 Å². The molecule has 1 aliphatic rings. The summed E-state index contributed by atoms with van der Waals surface area (Å²) in [5.74, 6) is -0.414. The molecular formula is C22H18FN3OS2. The maximum absolute atomic E-state index is 13.4. The Hall–Kier alpha value is -2.77. The number of para-hydroxylation sites is 1. The Labute approximate surface area is 178 Å². The number of carbonyl (C=O) groups excluding carboxylic acids is 1. The molecule has 3 aromatic rings. The molecule has 2 heterocycles. The zero-order valence-corrected chi connectivity index (χ0v) is 17.5. The van der Waals surface area contributed by atoms with E-state index in [4.69, 9.17) is 17.3 Å². The number of hydrogen-bond acceptors (Lipinski definition) is 4. The minimum absolute atomic E-state index is 0.00277. The molecule has 0 unspecified atom stereocenters. The van der Waals surface area contributed by atoms with E-state index in [9.17, 15) is 9.18 Å². The lowest BCUT2D eigenvalue weighted by Gasteiger charge is -2.18. The first-order valence-electron chi connectivity index (χ1n) is 9.12. The fraction of sp³-hybridized carbons (Fsp3) is 0.136. The third kappa shape index (κ3) is 3.88. The molecule has 4 nitrogen and oxygen atoms in total. The van der Waals surface area contributed by atoms with Crippen molar-refractivity contribution in [2.45, 2.75) is 19.9 Å². The molecule has 1 fully saturated rings. The highest BCUT2D eigenvalue weighted by Gasteiger charge is 2.34. The molecule has 7 heteroatoms. The van der Waals surface area contributed by atoms with Crippen LogP contribution in [0, 0.1) is 5.82 Å². The number of carbonyl (C=O) groups is 1. The van der Waals surface area contributed by atoms with Crippen LogP contribution in [-0.4, -0.2) is 30.9 Å². The van der Waals surface area contributed by atoms with Gasteiger partial charge in [-0.25, -0.2) is 9.07 Å². The van der Waals surface area contributed by atoms with Crippen molar-refractivity contribution in [3.05, 3.63) is 77.1 Å². The van der Waals surface area contributed by atoms with Crippen molar-refractivity contribution < 1.29 is 9.18 Å². The van der Waals surface area contributed by atoms with E-state index in [1.54, 1.807) is 21.7 Å². The Balaban J connectivity index is 1.82. The van der Waals surface area contributed by atoms with Gasteiger partial charge in [-0.3, -0.25) is 9.69 Å². The van der Waals surface area contributed by atoms with Crippen molar-refractivity contribution in [2.24, 2.45) is 0 Å². The van der Waals surface area contributed by atoms with Crippen LogP contribution in [0.25, 0.3) is 23.0 Å². The number of amides is 1. The SMILES string of the molecule is CC(C)N1C(=O)/C(=C/c2cn(-c3ccccc3)nc2-c2ccc(F)cc2)SC1=S. The second kappa shape index (κ2) is 7.93. The van der Waals surface area contributed by atoms with Crippen molar-refractivity contribution in [3.63, 3.8) is 0 Å². The molecule has 0 bridgehead atoms. The first kappa shape index (κ1) is 19.5. The number of hydrogen-bond donors (Lipinski definition) is 0. The molecule has 2 aromatic carbocycles. The van der Waals surface area contributed by atoms with Gasteiger partial charge in [-0.15, -0.1) is 0 Å². The van der Waals surface area contributed by atoms with Gasteiger partial charge in [0.2, 0.25) is 0 Å². The summed E-state index contributed by atoms with van der Waals surface area (Å²) >= 11 is 6.66. The standard InChI is InChI=1S/C22H18FN3OS2/c1-14(2)26-21(27)19(29-22(26)28)12-16-13-25(18-6-4-3-5-7-18)24-20(16)15-8-10-17(23)11-9-15/h3-14H,1-2H3/b19-12-. The van der Waals surface area contributed by atoms with E-state index in [1.165, 1.54) is 23.9 Å². The maximum Gasteiger partial charge on any atom is 0.266 e. The van der Waals surface area contributed by atoms with Gasteiger partial charge in [0, 0.05) is 23.4 Å². The summed E-state index contributed by atoms with van der Waals surface area (Å²) in [6, 6.07) is 15.9. The molecule has 146 valence electrons. The summed E-state index contributed by atoms with van der Waals surface area (Å²) in [7, 11) is 0. The Morgan fingerprint density at radius 3 is 2.41 bits per heavy atom. The average molecular weight is 424 g/mol. The third-order valence-electron chi connectivity index (χ3n) is 4.51. The number of halogens is 1. The first-order chi connectivity index (χ1) is 13.9. The molecular weight excluding hydrogens is 405 g/mol. The number of nitrogens with zero attached hydrogens (tertiary/aromatic N) is 3. The highest BCUT2D eigenvalue weighted by atomic mass is 32.2. The number of rotatable bonds is 4. The first-order valence-corrected chi connectivity index (χ1v) is 10.3. The lowest BCUT2D eigenvalue weighted by atomic mass is 10.1. The lowest BCUT2D eigenvalue weighted by molar-refractivity contribution is -0.123. The van der Waals surface area contributed by atoms with E-state index >= 15 is 0 Å². The monoisotopic (exact) mass is 423 g/mol. The molecule has 0 radical (unpaired) electrons.